The van der Waals surface area contributed by atoms with Gasteiger partial charge in [0.05, 0.1) is 13.2 Å². The van der Waals surface area contributed by atoms with Crippen LogP contribution in [0.15, 0.2) is 12.2 Å². The van der Waals surface area contributed by atoms with E-state index in [9.17, 15) is 20.4 Å². The molecule has 0 saturated carbocycles. The summed E-state index contributed by atoms with van der Waals surface area (Å²) in [5.74, 6) is 0.0904. The van der Waals surface area contributed by atoms with Crippen molar-refractivity contribution in [1.29, 1.82) is 0 Å². The van der Waals surface area contributed by atoms with Crippen LogP contribution in [-0.4, -0.2) is 70.4 Å². The van der Waals surface area contributed by atoms with Gasteiger partial charge in [0, 0.05) is 6.04 Å². The maximum Gasteiger partial charge on any atom is 0.186 e. The number of hydrogen-bond acceptors (Lipinski definition) is 7. The minimum Gasteiger partial charge on any atom is -0.394 e. The van der Waals surface area contributed by atoms with Gasteiger partial charge in [-0.15, -0.1) is 0 Å². The zero-order valence-electron chi connectivity index (χ0n) is 20.3. The fourth-order valence-electron chi connectivity index (χ4n) is 3.94. The summed E-state index contributed by atoms with van der Waals surface area (Å²) in [6.07, 6.45) is 13.7. The largest absolute Gasteiger partial charge is 0.394 e. The van der Waals surface area contributed by atoms with E-state index in [-0.39, 0.29) is 18.6 Å². The molecule has 0 aliphatic carbocycles. The lowest BCUT2D eigenvalue weighted by atomic mass is 9.99. The van der Waals surface area contributed by atoms with Crippen molar-refractivity contribution in [2.24, 2.45) is 11.7 Å². The summed E-state index contributed by atoms with van der Waals surface area (Å²) >= 11 is 0. The molecule has 1 rings (SSSR count). The Morgan fingerprint density at radius 3 is 2.00 bits per heavy atom. The maximum absolute atomic E-state index is 10.0. The van der Waals surface area contributed by atoms with Gasteiger partial charge >= 0.3 is 0 Å². The summed E-state index contributed by atoms with van der Waals surface area (Å²) in [4.78, 5) is 0. The van der Waals surface area contributed by atoms with Crippen LogP contribution in [0, 0.1) is 5.92 Å². The van der Waals surface area contributed by atoms with Gasteiger partial charge in [-0.25, -0.2) is 0 Å². The molecule has 1 aliphatic heterocycles. The monoisotopic (exact) mass is 459 g/mol. The van der Waals surface area contributed by atoms with Crippen molar-refractivity contribution in [1.82, 2.24) is 0 Å². The summed E-state index contributed by atoms with van der Waals surface area (Å²) in [6, 6.07) is -0.295. The number of rotatable bonds is 18. The number of unbranched alkanes of at least 4 members (excludes halogenated alkanes) is 11. The van der Waals surface area contributed by atoms with Crippen LogP contribution in [0.5, 0.6) is 0 Å². The predicted molar refractivity (Wildman–Crippen MR) is 127 cm³/mol. The van der Waals surface area contributed by atoms with E-state index in [1.54, 1.807) is 0 Å². The van der Waals surface area contributed by atoms with Crippen molar-refractivity contribution >= 4 is 0 Å². The summed E-state index contributed by atoms with van der Waals surface area (Å²) in [5, 5.41) is 38.9. The number of aliphatic hydroxyl groups is 4. The molecule has 1 heterocycles. The Kier molecular flexibility index (Phi) is 16.5. The average Bonchev–Trinajstić information content (AvgIpc) is 2.79. The molecule has 0 aromatic carbocycles. The van der Waals surface area contributed by atoms with Crippen molar-refractivity contribution in [3.63, 3.8) is 0 Å². The van der Waals surface area contributed by atoms with Crippen LogP contribution < -0.4 is 5.73 Å². The van der Waals surface area contributed by atoms with E-state index >= 15 is 0 Å². The molecule has 7 nitrogen and oxygen atoms in total. The molecule has 5 unspecified atom stereocenters. The fourth-order valence-corrected chi connectivity index (χ4v) is 3.94. The lowest BCUT2D eigenvalue weighted by Crippen LogP contribution is -2.59. The Morgan fingerprint density at radius 2 is 1.44 bits per heavy atom. The first kappa shape index (κ1) is 29.5. The van der Waals surface area contributed by atoms with E-state index in [0.717, 1.165) is 6.42 Å². The number of aliphatic hydroxyl groups excluding tert-OH is 4. The Hall–Kier alpha value is -0.540. The molecular formula is C25H49NO6. The molecule has 7 atom stereocenters. The van der Waals surface area contributed by atoms with E-state index in [0.29, 0.717) is 0 Å². The van der Waals surface area contributed by atoms with Crippen LogP contribution in [0.2, 0.25) is 0 Å². The normalized spacial score (nSPS) is 28.3. The summed E-state index contributed by atoms with van der Waals surface area (Å²) in [7, 11) is 0. The average molecular weight is 460 g/mol. The van der Waals surface area contributed by atoms with E-state index in [2.05, 4.69) is 19.1 Å². The van der Waals surface area contributed by atoms with Gasteiger partial charge < -0.3 is 35.6 Å². The molecule has 6 N–H and O–H groups in total. The molecule has 1 aliphatic rings. The van der Waals surface area contributed by atoms with Crippen LogP contribution in [0.25, 0.3) is 0 Å². The molecular weight excluding hydrogens is 410 g/mol. The molecule has 7 heteroatoms. The van der Waals surface area contributed by atoms with Crippen LogP contribution in [0.4, 0.5) is 0 Å². The standard InChI is InChI=1S/C25H49NO6/c1-3-4-5-6-7-8-9-10-11-12-13-14-15-16-19(2)20(26)18-31-25-24(30)23(29)22(28)21(17-27)32-25/h15-16,19-25,27-30H,3-14,17-18,26H2,1-2H3/b16-15+/t19-,20+,21?,22?,23?,24?,25?/m1/s1. The lowest BCUT2D eigenvalue weighted by molar-refractivity contribution is -0.302. The molecule has 0 radical (unpaired) electrons. The fraction of sp³-hybridized carbons (Fsp3) is 0.920. The van der Waals surface area contributed by atoms with Crippen LogP contribution in [-0.2, 0) is 9.47 Å². The van der Waals surface area contributed by atoms with Gasteiger partial charge in [-0.3, -0.25) is 0 Å². The van der Waals surface area contributed by atoms with Gasteiger partial charge in [0.25, 0.3) is 0 Å². The van der Waals surface area contributed by atoms with Crippen molar-refractivity contribution < 1.29 is 29.9 Å². The molecule has 32 heavy (non-hydrogen) atoms. The molecule has 0 spiro atoms. The first-order valence-corrected chi connectivity index (χ1v) is 12.8. The van der Waals surface area contributed by atoms with Gasteiger partial charge in [-0.05, 0) is 18.8 Å². The maximum atomic E-state index is 10.0. The number of hydrogen-bond donors (Lipinski definition) is 5. The third-order valence-corrected chi connectivity index (χ3v) is 6.39. The molecule has 0 amide bonds. The molecule has 1 fully saturated rings. The number of ether oxygens (including phenoxy) is 2. The van der Waals surface area contributed by atoms with Gasteiger partial charge in [0.15, 0.2) is 6.29 Å². The van der Waals surface area contributed by atoms with Crippen LogP contribution in [0.1, 0.15) is 90.9 Å². The second-order valence-corrected chi connectivity index (χ2v) is 9.31. The third-order valence-electron chi connectivity index (χ3n) is 6.39. The quantitative estimate of drug-likeness (QED) is 0.158. The summed E-state index contributed by atoms with van der Waals surface area (Å²) in [6.45, 7) is 3.92. The first-order valence-electron chi connectivity index (χ1n) is 12.8. The van der Waals surface area contributed by atoms with Crippen molar-refractivity contribution in [2.45, 2.75) is 128 Å². The van der Waals surface area contributed by atoms with Gasteiger partial charge in [0.2, 0.25) is 0 Å². The van der Waals surface area contributed by atoms with Crippen LogP contribution >= 0.6 is 0 Å². The molecule has 1 saturated heterocycles. The van der Waals surface area contributed by atoms with E-state index in [1.165, 1.54) is 70.6 Å². The first-order chi connectivity index (χ1) is 15.4. The highest BCUT2D eigenvalue weighted by Crippen LogP contribution is 2.22. The van der Waals surface area contributed by atoms with Gasteiger partial charge in [0.1, 0.15) is 24.4 Å². The molecule has 0 aromatic rings. The highest BCUT2D eigenvalue weighted by Gasteiger charge is 2.44. The van der Waals surface area contributed by atoms with Gasteiger partial charge in [-0.1, -0.05) is 90.2 Å². The molecule has 190 valence electrons. The van der Waals surface area contributed by atoms with Crippen molar-refractivity contribution in [3.8, 4) is 0 Å². The van der Waals surface area contributed by atoms with E-state index in [4.69, 9.17) is 15.2 Å². The lowest BCUT2D eigenvalue weighted by Gasteiger charge is -2.40. The molecule has 0 aromatic heterocycles. The van der Waals surface area contributed by atoms with Crippen LogP contribution in [0.3, 0.4) is 0 Å². The second-order valence-electron chi connectivity index (χ2n) is 9.31. The minimum atomic E-state index is -1.44. The Morgan fingerprint density at radius 1 is 0.875 bits per heavy atom. The van der Waals surface area contributed by atoms with E-state index in [1.807, 2.05) is 6.92 Å². The molecule has 0 bridgehead atoms. The third kappa shape index (κ3) is 11.5. The highest BCUT2D eigenvalue weighted by atomic mass is 16.7. The second kappa shape index (κ2) is 17.9. The predicted octanol–water partition coefficient (Wildman–Crippen LogP) is 3.02. The Bertz CT molecular complexity index is 475. The Balaban J connectivity index is 2.10. The van der Waals surface area contributed by atoms with E-state index < -0.39 is 37.3 Å². The topological polar surface area (TPSA) is 125 Å². The zero-order valence-corrected chi connectivity index (χ0v) is 20.3. The van der Waals surface area contributed by atoms with Crippen molar-refractivity contribution in [2.75, 3.05) is 13.2 Å². The zero-order chi connectivity index (χ0) is 23.8. The smallest absolute Gasteiger partial charge is 0.186 e. The SMILES string of the molecule is CCCCCCCCCCCCC/C=C/[C@@H](C)[C@@H](N)COC1OC(CO)C(O)C(O)C1O. The number of allylic oxidation sites excluding steroid dienone is 1. The summed E-state index contributed by atoms with van der Waals surface area (Å²) < 4.78 is 10.9. The minimum absolute atomic E-state index is 0.0904. The van der Waals surface area contributed by atoms with Gasteiger partial charge in [-0.2, -0.15) is 0 Å². The van der Waals surface area contributed by atoms with Crippen molar-refractivity contribution in [3.05, 3.63) is 12.2 Å². The number of nitrogens with two attached hydrogens (primary N) is 1. The Labute approximate surface area is 195 Å². The highest BCUT2D eigenvalue weighted by molar-refractivity contribution is 4.92. The summed E-state index contributed by atoms with van der Waals surface area (Å²) in [5.41, 5.74) is 6.18.